The van der Waals surface area contributed by atoms with Crippen LogP contribution in [0, 0.1) is 5.82 Å². The van der Waals surface area contributed by atoms with Crippen LogP contribution in [0.3, 0.4) is 0 Å². The minimum absolute atomic E-state index is 0.0635. The normalized spacial score (nSPS) is 12.0. The number of alkyl halides is 4. The van der Waals surface area contributed by atoms with E-state index < -0.39 is 29.9 Å². The van der Waals surface area contributed by atoms with Gasteiger partial charge in [0.2, 0.25) is 0 Å². The first kappa shape index (κ1) is 21.4. The summed E-state index contributed by atoms with van der Waals surface area (Å²) in [5, 5.41) is 0.126. The molecule has 0 aliphatic carbocycles. The molecule has 30 heavy (non-hydrogen) atoms. The standard InChI is InChI=1S/C22H17F5O3/c1-2-3-12-28-16-7-5-15(6-8-16)22(26,27)30-17-9-10-18-14(13-17)4-11-19(20(18)23)29-21(24)25/h2-11,13,21H,12H2,1H3. The predicted octanol–water partition coefficient (Wildman–Crippen LogP) is 6.66. The summed E-state index contributed by atoms with van der Waals surface area (Å²) in [6.07, 6.45) is -0.0813. The van der Waals surface area contributed by atoms with Crippen molar-refractivity contribution in [3.05, 3.63) is 78.1 Å². The van der Waals surface area contributed by atoms with E-state index in [1.165, 1.54) is 36.4 Å². The second kappa shape index (κ2) is 9.02. The number of rotatable bonds is 8. The van der Waals surface area contributed by atoms with Gasteiger partial charge in [-0.2, -0.15) is 17.6 Å². The highest BCUT2D eigenvalue weighted by Gasteiger charge is 2.34. The van der Waals surface area contributed by atoms with Crippen molar-refractivity contribution in [1.82, 2.24) is 0 Å². The molecule has 0 unspecified atom stereocenters. The van der Waals surface area contributed by atoms with Crippen LogP contribution in [-0.2, 0) is 6.11 Å². The summed E-state index contributed by atoms with van der Waals surface area (Å²) in [6, 6.07) is 10.9. The number of ether oxygens (including phenoxy) is 3. The van der Waals surface area contributed by atoms with Gasteiger partial charge in [0.1, 0.15) is 18.1 Å². The summed E-state index contributed by atoms with van der Waals surface area (Å²) in [7, 11) is 0. The minimum atomic E-state index is -3.66. The van der Waals surface area contributed by atoms with Gasteiger partial charge in [-0.1, -0.05) is 18.2 Å². The summed E-state index contributed by atoms with van der Waals surface area (Å²) in [6.45, 7) is -1.03. The molecule has 0 N–H and O–H groups in total. The topological polar surface area (TPSA) is 27.7 Å². The van der Waals surface area contributed by atoms with Gasteiger partial charge in [-0.05, 0) is 60.8 Å². The molecule has 0 saturated heterocycles. The molecule has 0 aliphatic heterocycles. The third kappa shape index (κ3) is 5.00. The molecule has 0 saturated carbocycles. The Morgan fingerprint density at radius 2 is 1.67 bits per heavy atom. The first-order chi connectivity index (χ1) is 14.3. The largest absolute Gasteiger partial charge is 0.490 e. The molecule has 0 amide bonds. The fourth-order valence-electron chi connectivity index (χ4n) is 2.69. The van der Waals surface area contributed by atoms with Crippen molar-refractivity contribution in [2.24, 2.45) is 0 Å². The minimum Gasteiger partial charge on any atom is -0.490 e. The lowest BCUT2D eigenvalue weighted by atomic mass is 10.1. The van der Waals surface area contributed by atoms with Crippen LogP contribution in [0.4, 0.5) is 22.0 Å². The molecule has 0 aliphatic rings. The second-order valence-corrected chi connectivity index (χ2v) is 6.16. The Morgan fingerprint density at radius 3 is 2.33 bits per heavy atom. The zero-order valence-electron chi connectivity index (χ0n) is 15.7. The van der Waals surface area contributed by atoms with Crippen molar-refractivity contribution in [1.29, 1.82) is 0 Å². The van der Waals surface area contributed by atoms with Gasteiger partial charge in [-0.15, -0.1) is 0 Å². The maximum atomic E-state index is 14.5. The van der Waals surface area contributed by atoms with E-state index in [2.05, 4.69) is 4.74 Å². The van der Waals surface area contributed by atoms with E-state index in [0.717, 1.165) is 18.2 Å². The zero-order valence-corrected chi connectivity index (χ0v) is 15.7. The molecule has 0 spiro atoms. The average molecular weight is 424 g/mol. The Morgan fingerprint density at radius 1 is 0.967 bits per heavy atom. The molecule has 0 atom stereocenters. The molecule has 0 aromatic heterocycles. The predicted molar refractivity (Wildman–Crippen MR) is 102 cm³/mol. The van der Waals surface area contributed by atoms with Gasteiger partial charge < -0.3 is 14.2 Å². The third-order valence-electron chi connectivity index (χ3n) is 4.12. The van der Waals surface area contributed by atoms with E-state index >= 15 is 0 Å². The van der Waals surface area contributed by atoms with Crippen LogP contribution in [0.1, 0.15) is 12.5 Å². The fraction of sp³-hybridized carbons (Fsp3) is 0.182. The summed E-state index contributed by atoms with van der Waals surface area (Å²) >= 11 is 0. The number of hydrogen-bond acceptors (Lipinski definition) is 3. The van der Waals surface area contributed by atoms with Crippen LogP contribution in [0.5, 0.6) is 17.2 Å². The van der Waals surface area contributed by atoms with Gasteiger partial charge in [-0.3, -0.25) is 0 Å². The molecule has 158 valence electrons. The molecule has 3 nitrogen and oxygen atoms in total. The maximum absolute atomic E-state index is 14.5. The number of benzene rings is 3. The van der Waals surface area contributed by atoms with Gasteiger partial charge >= 0.3 is 12.7 Å². The van der Waals surface area contributed by atoms with Crippen molar-refractivity contribution < 1.29 is 36.2 Å². The lowest BCUT2D eigenvalue weighted by molar-refractivity contribution is -0.185. The van der Waals surface area contributed by atoms with E-state index in [4.69, 9.17) is 9.47 Å². The summed E-state index contributed by atoms with van der Waals surface area (Å²) in [4.78, 5) is 0. The molecule has 0 radical (unpaired) electrons. The van der Waals surface area contributed by atoms with E-state index in [-0.39, 0.29) is 16.5 Å². The van der Waals surface area contributed by atoms with Gasteiger partial charge in [0, 0.05) is 5.39 Å². The first-order valence-electron chi connectivity index (χ1n) is 8.88. The maximum Gasteiger partial charge on any atom is 0.426 e. The quantitative estimate of drug-likeness (QED) is 0.299. The Bertz CT molecular complexity index is 1030. The highest BCUT2D eigenvalue weighted by atomic mass is 19.3. The van der Waals surface area contributed by atoms with Crippen molar-refractivity contribution in [2.45, 2.75) is 19.6 Å². The summed E-state index contributed by atoms with van der Waals surface area (Å²) < 4.78 is 82.2. The van der Waals surface area contributed by atoms with Crippen LogP contribution in [0.25, 0.3) is 10.8 Å². The highest BCUT2D eigenvalue weighted by Crippen LogP contribution is 2.35. The SMILES string of the molecule is CC=CCOc1ccc(C(F)(F)Oc2ccc3c(F)c(OC(F)F)ccc3c2)cc1. The monoisotopic (exact) mass is 424 g/mol. The first-order valence-corrected chi connectivity index (χ1v) is 8.88. The molecule has 0 bridgehead atoms. The Hall–Kier alpha value is -3.29. The highest BCUT2D eigenvalue weighted by molar-refractivity contribution is 5.86. The molecular formula is C22H17F5O3. The molecule has 3 aromatic rings. The number of halogens is 5. The van der Waals surface area contributed by atoms with Gasteiger partial charge in [0.15, 0.2) is 11.6 Å². The Labute approximate surface area is 169 Å². The number of hydrogen-bond donors (Lipinski definition) is 0. The summed E-state index contributed by atoms with van der Waals surface area (Å²) in [5.41, 5.74) is -0.396. The molecule has 8 heteroatoms. The lowest BCUT2D eigenvalue weighted by Crippen LogP contribution is -2.21. The van der Waals surface area contributed by atoms with E-state index in [0.29, 0.717) is 12.4 Å². The van der Waals surface area contributed by atoms with E-state index in [1.807, 2.05) is 6.92 Å². The average Bonchev–Trinajstić information content (AvgIpc) is 2.70. The smallest absolute Gasteiger partial charge is 0.426 e. The van der Waals surface area contributed by atoms with Gasteiger partial charge in [-0.25, -0.2) is 4.39 Å². The third-order valence-corrected chi connectivity index (χ3v) is 4.12. The van der Waals surface area contributed by atoms with Crippen LogP contribution in [-0.4, -0.2) is 13.2 Å². The van der Waals surface area contributed by atoms with Gasteiger partial charge in [0.25, 0.3) is 0 Å². The van der Waals surface area contributed by atoms with Gasteiger partial charge in [0.05, 0.1) is 5.56 Å². The summed E-state index contributed by atoms with van der Waals surface area (Å²) in [5.74, 6) is -1.44. The Balaban J connectivity index is 1.78. The lowest BCUT2D eigenvalue weighted by Gasteiger charge is -2.19. The van der Waals surface area contributed by atoms with Crippen molar-refractivity contribution in [3.63, 3.8) is 0 Å². The van der Waals surface area contributed by atoms with Crippen molar-refractivity contribution >= 4 is 10.8 Å². The van der Waals surface area contributed by atoms with Crippen LogP contribution >= 0.6 is 0 Å². The molecule has 0 fully saturated rings. The number of allylic oxidation sites excluding steroid dienone is 1. The Kier molecular flexibility index (Phi) is 6.44. The van der Waals surface area contributed by atoms with E-state index in [1.54, 1.807) is 12.2 Å². The number of fused-ring (bicyclic) bond motifs is 1. The molecule has 3 aromatic carbocycles. The molecule has 3 rings (SSSR count). The zero-order chi connectivity index (χ0) is 21.7. The second-order valence-electron chi connectivity index (χ2n) is 6.16. The van der Waals surface area contributed by atoms with Crippen molar-refractivity contribution in [3.8, 4) is 17.2 Å². The van der Waals surface area contributed by atoms with Crippen LogP contribution in [0.15, 0.2) is 66.7 Å². The molecule has 0 heterocycles. The van der Waals surface area contributed by atoms with Crippen LogP contribution < -0.4 is 14.2 Å². The van der Waals surface area contributed by atoms with E-state index in [9.17, 15) is 22.0 Å². The van der Waals surface area contributed by atoms with Crippen molar-refractivity contribution in [2.75, 3.05) is 6.61 Å². The molecular weight excluding hydrogens is 407 g/mol. The fourth-order valence-corrected chi connectivity index (χ4v) is 2.69. The van der Waals surface area contributed by atoms with Crippen LogP contribution in [0.2, 0.25) is 0 Å².